The zero-order valence-corrected chi connectivity index (χ0v) is 10.5. The fourth-order valence-corrected chi connectivity index (χ4v) is 2.48. The molecule has 1 aromatic heterocycles. The molecule has 0 amide bonds. The number of hydrogen-bond acceptors (Lipinski definition) is 2. The first kappa shape index (κ1) is 10.6. The van der Waals surface area contributed by atoms with Crippen molar-refractivity contribution in [3.63, 3.8) is 0 Å². The predicted molar refractivity (Wildman–Crippen MR) is 71.4 cm³/mol. The van der Waals surface area contributed by atoms with Crippen molar-refractivity contribution >= 4 is 17.0 Å². The van der Waals surface area contributed by atoms with Crippen molar-refractivity contribution < 1.29 is 0 Å². The molecule has 0 atom stereocenters. The molecule has 17 heavy (non-hydrogen) atoms. The van der Waals surface area contributed by atoms with Gasteiger partial charge in [-0.15, -0.1) is 0 Å². The number of nitrogens with zero attached hydrogens (tertiary/aromatic N) is 2. The molecule has 1 aliphatic heterocycles. The number of aryl methyl sites for hydroxylation is 1. The molecule has 0 saturated carbocycles. The van der Waals surface area contributed by atoms with Crippen molar-refractivity contribution in [1.82, 2.24) is 9.97 Å². The van der Waals surface area contributed by atoms with Crippen molar-refractivity contribution in [3.8, 4) is 0 Å². The van der Waals surface area contributed by atoms with Gasteiger partial charge in [-0.1, -0.05) is 13.0 Å². The number of imidazole rings is 1. The van der Waals surface area contributed by atoms with E-state index < -0.39 is 0 Å². The number of rotatable bonds is 1. The van der Waals surface area contributed by atoms with Gasteiger partial charge >= 0.3 is 0 Å². The Morgan fingerprint density at radius 3 is 2.82 bits per heavy atom. The number of H-pyrrole nitrogens is 1. The molecule has 3 heteroatoms. The molecule has 1 fully saturated rings. The van der Waals surface area contributed by atoms with E-state index in [0.29, 0.717) is 0 Å². The molecule has 2 aromatic rings. The summed E-state index contributed by atoms with van der Waals surface area (Å²) in [6.45, 7) is 6.70. The van der Waals surface area contributed by atoms with E-state index in [1.54, 1.807) is 0 Å². The van der Waals surface area contributed by atoms with E-state index in [2.05, 4.69) is 46.9 Å². The Kier molecular flexibility index (Phi) is 2.54. The van der Waals surface area contributed by atoms with Crippen LogP contribution in [0.15, 0.2) is 18.2 Å². The Bertz CT molecular complexity index is 521. The van der Waals surface area contributed by atoms with Crippen molar-refractivity contribution in [2.45, 2.75) is 26.7 Å². The number of hydrogen-bond donors (Lipinski definition) is 1. The molecule has 0 bridgehead atoms. The summed E-state index contributed by atoms with van der Waals surface area (Å²) in [5.74, 6) is 1.90. The topological polar surface area (TPSA) is 31.9 Å². The van der Waals surface area contributed by atoms with Crippen LogP contribution in [0.3, 0.4) is 0 Å². The number of anilines is 1. The van der Waals surface area contributed by atoms with Gasteiger partial charge in [0.2, 0.25) is 5.95 Å². The van der Waals surface area contributed by atoms with Gasteiger partial charge in [0, 0.05) is 13.1 Å². The summed E-state index contributed by atoms with van der Waals surface area (Å²) in [6, 6.07) is 6.38. The Hall–Kier alpha value is -1.51. The van der Waals surface area contributed by atoms with Gasteiger partial charge in [0.25, 0.3) is 0 Å². The predicted octanol–water partition coefficient (Wildman–Crippen LogP) is 3.11. The zero-order chi connectivity index (χ0) is 11.8. The fourth-order valence-electron chi connectivity index (χ4n) is 2.48. The minimum Gasteiger partial charge on any atom is -0.342 e. The summed E-state index contributed by atoms with van der Waals surface area (Å²) >= 11 is 0. The van der Waals surface area contributed by atoms with Crippen LogP contribution in [-0.2, 0) is 0 Å². The lowest BCUT2D eigenvalue weighted by Crippen LogP contribution is -2.33. The van der Waals surface area contributed by atoms with Gasteiger partial charge < -0.3 is 9.88 Å². The highest BCUT2D eigenvalue weighted by Gasteiger charge is 2.18. The van der Waals surface area contributed by atoms with Gasteiger partial charge in [-0.25, -0.2) is 4.98 Å². The van der Waals surface area contributed by atoms with Crippen LogP contribution in [0.5, 0.6) is 0 Å². The average molecular weight is 229 g/mol. The first-order chi connectivity index (χ1) is 8.22. The van der Waals surface area contributed by atoms with Gasteiger partial charge in [-0.2, -0.15) is 0 Å². The highest BCUT2D eigenvalue weighted by atomic mass is 15.3. The van der Waals surface area contributed by atoms with Gasteiger partial charge in [-0.05, 0) is 43.4 Å². The minimum atomic E-state index is 0.859. The largest absolute Gasteiger partial charge is 0.342 e. The second-order valence-corrected chi connectivity index (χ2v) is 5.25. The van der Waals surface area contributed by atoms with Crippen LogP contribution in [0, 0.1) is 12.8 Å². The Labute approximate surface area is 102 Å². The van der Waals surface area contributed by atoms with Crippen molar-refractivity contribution in [1.29, 1.82) is 0 Å². The highest BCUT2D eigenvalue weighted by molar-refractivity contribution is 5.78. The second kappa shape index (κ2) is 4.06. The van der Waals surface area contributed by atoms with E-state index in [-0.39, 0.29) is 0 Å². The molecular formula is C14H19N3. The third-order valence-corrected chi connectivity index (χ3v) is 3.71. The van der Waals surface area contributed by atoms with Gasteiger partial charge in [0.15, 0.2) is 0 Å². The first-order valence-corrected chi connectivity index (χ1v) is 6.44. The number of aromatic amines is 1. The Morgan fingerprint density at radius 2 is 2.06 bits per heavy atom. The van der Waals surface area contributed by atoms with Crippen LogP contribution >= 0.6 is 0 Å². The Morgan fingerprint density at radius 1 is 1.29 bits per heavy atom. The van der Waals surface area contributed by atoms with Crippen LogP contribution in [0.2, 0.25) is 0 Å². The van der Waals surface area contributed by atoms with E-state index in [9.17, 15) is 0 Å². The molecule has 1 aliphatic rings. The van der Waals surface area contributed by atoms with Gasteiger partial charge in [0.05, 0.1) is 11.0 Å². The molecule has 1 saturated heterocycles. The zero-order valence-electron chi connectivity index (χ0n) is 10.5. The molecule has 1 N–H and O–H groups in total. The molecule has 0 spiro atoms. The number of aromatic nitrogens is 2. The van der Waals surface area contributed by atoms with Gasteiger partial charge in [0.1, 0.15) is 0 Å². The molecule has 1 aromatic carbocycles. The van der Waals surface area contributed by atoms with Crippen LogP contribution in [-0.4, -0.2) is 23.1 Å². The van der Waals surface area contributed by atoms with Crippen LogP contribution in [0.4, 0.5) is 5.95 Å². The first-order valence-electron chi connectivity index (χ1n) is 6.44. The lowest BCUT2D eigenvalue weighted by atomic mass is 10.00. The number of nitrogens with one attached hydrogen (secondary N) is 1. The lowest BCUT2D eigenvalue weighted by molar-refractivity contribution is 0.435. The quantitative estimate of drug-likeness (QED) is 0.814. The average Bonchev–Trinajstić information content (AvgIpc) is 2.72. The van der Waals surface area contributed by atoms with Crippen LogP contribution in [0.1, 0.15) is 25.3 Å². The van der Waals surface area contributed by atoms with E-state index in [0.717, 1.165) is 36.0 Å². The van der Waals surface area contributed by atoms with Crippen molar-refractivity contribution in [3.05, 3.63) is 23.8 Å². The van der Waals surface area contributed by atoms with E-state index in [4.69, 9.17) is 0 Å². The standard InChI is InChI=1S/C14H19N3/c1-10-5-7-17(8-6-10)14-15-12-4-3-11(2)9-13(12)16-14/h3-4,9-10H,5-8H2,1-2H3,(H,15,16). The number of fused-ring (bicyclic) bond motifs is 1. The molecule has 0 unspecified atom stereocenters. The van der Waals surface area contributed by atoms with Crippen molar-refractivity contribution in [2.75, 3.05) is 18.0 Å². The number of piperidine rings is 1. The maximum absolute atomic E-state index is 4.67. The third-order valence-electron chi connectivity index (χ3n) is 3.71. The molecule has 90 valence electrons. The summed E-state index contributed by atoms with van der Waals surface area (Å²) < 4.78 is 0. The highest BCUT2D eigenvalue weighted by Crippen LogP contribution is 2.23. The monoisotopic (exact) mass is 229 g/mol. The van der Waals surface area contributed by atoms with Crippen molar-refractivity contribution in [2.24, 2.45) is 5.92 Å². The van der Waals surface area contributed by atoms with Crippen LogP contribution in [0.25, 0.3) is 11.0 Å². The number of benzene rings is 1. The van der Waals surface area contributed by atoms with E-state index in [1.807, 2.05) is 0 Å². The summed E-state index contributed by atoms with van der Waals surface area (Å²) in [5.41, 5.74) is 3.50. The molecular weight excluding hydrogens is 210 g/mol. The fraction of sp³-hybridized carbons (Fsp3) is 0.500. The summed E-state index contributed by atoms with van der Waals surface area (Å²) in [4.78, 5) is 10.5. The van der Waals surface area contributed by atoms with E-state index in [1.165, 1.54) is 18.4 Å². The summed E-state index contributed by atoms with van der Waals surface area (Å²) in [6.07, 6.45) is 2.55. The maximum Gasteiger partial charge on any atom is 0.203 e. The summed E-state index contributed by atoms with van der Waals surface area (Å²) in [7, 11) is 0. The molecule has 2 heterocycles. The molecule has 0 radical (unpaired) electrons. The van der Waals surface area contributed by atoms with Crippen LogP contribution < -0.4 is 4.90 Å². The molecule has 0 aliphatic carbocycles. The third kappa shape index (κ3) is 2.02. The SMILES string of the molecule is Cc1ccc2nc(N3CCC(C)CC3)[nH]c2c1. The molecule has 3 nitrogen and oxygen atoms in total. The Balaban J connectivity index is 1.90. The summed E-state index contributed by atoms with van der Waals surface area (Å²) in [5, 5.41) is 0. The van der Waals surface area contributed by atoms with Gasteiger partial charge in [-0.3, -0.25) is 0 Å². The lowest BCUT2D eigenvalue weighted by Gasteiger charge is -2.29. The second-order valence-electron chi connectivity index (χ2n) is 5.25. The smallest absolute Gasteiger partial charge is 0.203 e. The van der Waals surface area contributed by atoms with E-state index >= 15 is 0 Å². The minimum absolute atomic E-state index is 0.859. The maximum atomic E-state index is 4.67. The molecule has 3 rings (SSSR count). The normalized spacial score (nSPS) is 17.9.